The molecule has 0 radical (unpaired) electrons. The SMILES string of the molecule is O=C(O)c1ccc(CS(=O)(=O)c2cc(Cl)c(Cl)s2)cc1O. The Kier molecular flexibility index (Phi) is 4.48. The summed E-state index contributed by atoms with van der Waals surface area (Å²) in [7, 11) is -3.67. The number of benzene rings is 1. The van der Waals surface area contributed by atoms with Crippen LogP contribution in [0.3, 0.4) is 0 Å². The number of hydrogen-bond acceptors (Lipinski definition) is 5. The third-order valence-corrected chi connectivity index (χ3v) is 6.69. The van der Waals surface area contributed by atoms with Gasteiger partial charge in [0.15, 0.2) is 9.84 Å². The van der Waals surface area contributed by atoms with E-state index >= 15 is 0 Å². The molecule has 0 atom stereocenters. The van der Waals surface area contributed by atoms with Crippen molar-refractivity contribution in [2.75, 3.05) is 0 Å². The zero-order valence-corrected chi connectivity index (χ0v) is 13.4. The maximum Gasteiger partial charge on any atom is 0.339 e. The highest BCUT2D eigenvalue weighted by Gasteiger charge is 2.21. The molecule has 0 fully saturated rings. The number of aromatic carboxylic acids is 1. The molecule has 2 aromatic rings. The van der Waals surface area contributed by atoms with Gasteiger partial charge in [0.25, 0.3) is 0 Å². The van der Waals surface area contributed by atoms with Crippen LogP contribution in [-0.2, 0) is 15.6 Å². The second-order valence-corrected chi connectivity index (χ2v) is 8.38. The van der Waals surface area contributed by atoms with Crippen LogP contribution in [0.25, 0.3) is 0 Å². The molecular formula is C12H8Cl2O5S2. The molecule has 1 aromatic heterocycles. The zero-order chi connectivity index (χ0) is 15.8. The van der Waals surface area contributed by atoms with E-state index in [4.69, 9.17) is 28.3 Å². The van der Waals surface area contributed by atoms with Crippen molar-refractivity contribution in [3.05, 3.63) is 44.8 Å². The highest BCUT2D eigenvalue weighted by Crippen LogP contribution is 2.35. The molecule has 0 aliphatic rings. The molecule has 0 aliphatic heterocycles. The number of aromatic hydroxyl groups is 1. The fourth-order valence-corrected chi connectivity index (χ4v) is 4.92. The second kappa shape index (κ2) is 5.84. The fraction of sp³-hybridized carbons (Fsp3) is 0.0833. The summed E-state index contributed by atoms with van der Waals surface area (Å²) >= 11 is 12.3. The van der Waals surface area contributed by atoms with E-state index in [2.05, 4.69) is 0 Å². The summed E-state index contributed by atoms with van der Waals surface area (Å²) in [6.07, 6.45) is 0. The fourth-order valence-electron chi connectivity index (χ4n) is 1.62. The maximum atomic E-state index is 12.2. The molecule has 1 aromatic carbocycles. The van der Waals surface area contributed by atoms with E-state index in [1.54, 1.807) is 0 Å². The van der Waals surface area contributed by atoms with Crippen molar-refractivity contribution in [3.63, 3.8) is 0 Å². The predicted octanol–water partition coefficient (Wildman–Crippen LogP) is 3.43. The monoisotopic (exact) mass is 366 g/mol. The topological polar surface area (TPSA) is 91.7 Å². The lowest BCUT2D eigenvalue weighted by molar-refractivity contribution is 0.0693. The highest BCUT2D eigenvalue weighted by molar-refractivity contribution is 7.92. The third kappa shape index (κ3) is 3.49. The second-order valence-electron chi connectivity index (χ2n) is 4.10. The van der Waals surface area contributed by atoms with Crippen LogP contribution in [0.5, 0.6) is 5.75 Å². The van der Waals surface area contributed by atoms with Gasteiger partial charge in [-0.3, -0.25) is 0 Å². The normalized spacial score (nSPS) is 11.5. The van der Waals surface area contributed by atoms with Crippen LogP contribution >= 0.6 is 34.5 Å². The molecule has 0 amide bonds. The van der Waals surface area contributed by atoms with Gasteiger partial charge in [-0.25, -0.2) is 13.2 Å². The zero-order valence-electron chi connectivity index (χ0n) is 10.2. The molecule has 21 heavy (non-hydrogen) atoms. The molecule has 0 saturated heterocycles. The number of thiophene rings is 1. The van der Waals surface area contributed by atoms with Crippen LogP contribution < -0.4 is 0 Å². The van der Waals surface area contributed by atoms with E-state index in [1.807, 2.05) is 0 Å². The lowest BCUT2D eigenvalue weighted by Crippen LogP contribution is -2.04. The van der Waals surface area contributed by atoms with Crippen LogP contribution in [0.15, 0.2) is 28.5 Å². The third-order valence-electron chi connectivity index (χ3n) is 2.58. The lowest BCUT2D eigenvalue weighted by atomic mass is 10.1. The van der Waals surface area contributed by atoms with Gasteiger partial charge < -0.3 is 10.2 Å². The molecule has 0 aliphatic carbocycles. The van der Waals surface area contributed by atoms with Gasteiger partial charge in [0.2, 0.25) is 0 Å². The summed E-state index contributed by atoms with van der Waals surface area (Å²) in [6, 6.07) is 4.85. The van der Waals surface area contributed by atoms with E-state index in [1.165, 1.54) is 12.1 Å². The molecule has 0 unspecified atom stereocenters. The Morgan fingerprint density at radius 1 is 1.24 bits per heavy atom. The number of hydrogen-bond donors (Lipinski definition) is 2. The minimum Gasteiger partial charge on any atom is -0.507 e. The first-order chi connectivity index (χ1) is 9.70. The summed E-state index contributed by atoms with van der Waals surface area (Å²) in [6.45, 7) is 0. The van der Waals surface area contributed by atoms with Gasteiger partial charge in [0, 0.05) is 0 Å². The Balaban J connectivity index is 2.33. The van der Waals surface area contributed by atoms with Crippen LogP contribution in [-0.4, -0.2) is 24.6 Å². The van der Waals surface area contributed by atoms with Crippen LogP contribution in [0.2, 0.25) is 9.36 Å². The minimum atomic E-state index is -3.67. The summed E-state index contributed by atoms with van der Waals surface area (Å²) in [5.74, 6) is -2.18. The summed E-state index contributed by atoms with van der Waals surface area (Å²) in [5, 5.41) is 18.5. The number of carboxylic acids is 1. The molecule has 0 spiro atoms. The molecule has 0 bridgehead atoms. The van der Waals surface area contributed by atoms with Crippen molar-refractivity contribution >= 4 is 50.3 Å². The first-order valence-corrected chi connectivity index (χ1v) is 8.66. The van der Waals surface area contributed by atoms with Crippen LogP contribution in [0, 0.1) is 0 Å². The van der Waals surface area contributed by atoms with Crippen molar-refractivity contribution in [1.82, 2.24) is 0 Å². The van der Waals surface area contributed by atoms with E-state index < -0.39 is 27.3 Å². The molecular weight excluding hydrogens is 359 g/mol. The van der Waals surface area contributed by atoms with Gasteiger partial charge in [-0.05, 0) is 23.8 Å². The standard InChI is InChI=1S/C12H8Cl2O5S2/c13-8-4-10(20-11(8)14)21(18,19)5-6-1-2-7(12(16)17)9(15)3-6/h1-4,15H,5H2,(H,16,17). The molecule has 1 heterocycles. The summed E-state index contributed by atoms with van der Waals surface area (Å²) < 4.78 is 24.6. The quantitative estimate of drug-likeness (QED) is 0.864. The van der Waals surface area contributed by atoms with Gasteiger partial charge in [0.05, 0.1) is 10.8 Å². The van der Waals surface area contributed by atoms with Gasteiger partial charge in [0.1, 0.15) is 19.9 Å². The van der Waals surface area contributed by atoms with Gasteiger partial charge in [-0.1, -0.05) is 29.3 Å². The molecule has 9 heteroatoms. The van der Waals surface area contributed by atoms with Gasteiger partial charge >= 0.3 is 5.97 Å². The Morgan fingerprint density at radius 3 is 2.38 bits per heavy atom. The van der Waals surface area contributed by atoms with Crippen molar-refractivity contribution in [1.29, 1.82) is 0 Å². The van der Waals surface area contributed by atoms with Gasteiger partial charge in [-0.15, -0.1) is 11.3 Å². The molecule has 2 N–H and O–H groups in total. The number of sulfone groups is 1. The lowest BCUT2D eigenvalue weighted by Gasteiger charge is -2.05. The Hall–Kier alpha value is -1.28. The minimum absolute atomic E-state index is 0.0132. The first-order valence-electron chi connectivity index (χ1n) is 5.43. The Bertz CT molecular complexity index is 792. The summed E-state index contributed by atoms with van der Waals surface area (Å²) in [5.41, 5.74) is -0.0310. The van der Waals surface area contributed by atoms with E-state index in [0.717, 1.165) is 23.5 Å². The van der Waals surface area contributed by atoms with E-state index in [9.17, 15) is 18.3 Å². The number of rotatable bonds is 4. The van der Waals surface area contributed by atoms with Crippen LogP contribution in [0.4, 0.5) is 0 Å². The largest absolute Gasteiger partial charge is 0.507 e. The Morgan fingerprint density at radius 2 is 1.90 bits per heavy atom. The Labute approximate surface area is 134 Å². The summed E-state index contributed by atoms with van der Waals surface area (Å²) in [4.78, 5) is 10.8. The van der Waals surface area contributed by atoms with E-state index in [0.29, 0.717) is 0 Å². The predicted molar refractivity (Wildman–Crippen MR) is 80.3 cm³/mol. The van der Waals surface area contributed by atoms with Crippen molar-refractivity contribution < 1.29 is 23.4 Å². The van der Waals surface area contributed by atoms with Crippen LogP contribution in [0.1, 0.15) is 15.9 Å². The van der Waals surface area contributed by atoms with Crippen molar-refractivity contribution in [2.45, 2.75) is 9.96 Å². The molecule has 2 rings (SSSR count). The van der Waals surface area contributed by atoms with Gasteiger partial charge in [-0.2, -0.15) is 0 Å². The number of carboxylic acid groups (broad SMARTS) is 1. The first kappa shape index (κ1) is 16.1. The molecule has 5 nitrogen and oxygen atoms in total. The highest BCUT2D eigenvalue weighted by atomic mass is 35.5. The maximum absolute atomic E-state index is 12.2. The average Bonchev–Trinajstić information content (AvgIpc) is 2.69. The number of halogens is 2. The number of phenols is 1. The molecule has 0 saturated carbocycles. The molecule has 112 valence electrons. The van der Waals surface area contributed by atoms with Crippen molar-refractivity contribution in [3.8, 4) is 5.75 Å². The average molecular weight is 367 g/mol. The smallest absolute Gasteiger partial charge is 0.339 e. The number of carbonyl (C=O) groups is 1. The van der Waals surface area contributed by atoms with Crippen molar-refractivity contribution in [2.24, 2.45) is 0 Å². The van der Waals surface area contributed by atoms with E-state index in [-0.39, 0.29) is 24.7 Å².